The van der Waals surface area contributed by atoms with Gasteiger partial charge < -0.3 is 0 Å². The Morgan fingerprint density at radius 1 is 1.40 bits per heavy atom. The molecule has 0 aliphatic carbocycles. The molecular formula is C12H16O2Se. The van der Waals surface area contributed by atoms with Crippen molar-refractivity contribution < 1.29 is 9.90 Å². The molecule has 1 rings (SSSR count). The molecule has 1 N–H and O–H groups in total. The quantitative estimate of drug-likeness (QED) is 0.803. The van der Waals surface area contributed by atoms with Gasteiger partial charge in [0.15, 0.2) is 0 Å². The average Bonchev–Trinajstić information content (AvgIpc) is 2.25. The molecule has 0 fully saturated rings. The third-order valence-corrected chi connectivity index (χ3v) is 4.94. The van der Waals surface area contributed by atoms with Crippen LogP contribution in [-0.2, 0) is 4.79 Å². The number of aliphatic carboxylic acids is 1. The number of hydrogen-bond donors (Lipinski definition) is 1. The maximum atomic E-state index is 10.4. The van der Waals surface area contributed by atoms with Crippen LogP contribution in [0.2, 0.25) is 5.32 Å². The van der Waals surface area contributed by atoms with E-state index in [9.17, 15) is 4.79 Å². The van der Waals surface area contributed by atoms with Gasteiger partial charge in [-0.2, -0.15) is 0 Å². The maximum absolute atomic E-state index is 10.4. The first-order valence-electron chi connectivity index (χ1n) is 5.08. The molecule has 82 valence electrons. The predicted molar refractivity (Wildman–Crippen MR) is 62.7 cm³/mol. The van der Waals surface area contributed by atoms with Crippen LogP contribution in [-0.4, -0.2) is 26.0 Å². The third-order valence-electron chi connectivity index (χ3n) is 2.13. The summed E-state index contributed by atoms with van der Waals surface area (Å²) in [5, 5.41) is 9.68. The molecule has 0 saturated carbocycles. The fourth-order valence-electron chi connectivity index (χ4n) is 1.21. The summed E-state index contributed by atoms with van der Waals surface area (Å²) >= 11 is 0.485. The number of rotatable bonds is 6. The summed E-state index contributed by atoms with van der Waals surface area (Å²) in [6.45, 7) is 2.13. The normalized spacial score (nSPS) is 12.3. The van der Waals surface area contributed by atoms with Crippen molar-refractivity contribution in [3.8, 4) is 0 Å². The Kier molecular flexibility index (Phi) is 5.44. The van der Waals surface area contributed by atoms with Gasteiger partial charge in [0.25, 0.3) is 0 Å². The summed E-state index contributed by atoms with van der Waals surface area (Å²) in [6, 6.07) is 10.4. The van der Waals surface area contributed by atoms with Crippen LogP contribution in [0.3, 0.4) is 0 Å². The van der Waals surface area contributed by atoms with Crippen molar-refractivity contribution in [2.45, 2.75) is 25.1 Å². The second-order valence-electron chi connectivity index (χ2n) is 3.66. The van der Waals surface area contributed by atoms with Gasteiger partial charge in [0, 0.05) is 0 Å². The summed E-state index contributed by atoms with van der Waals surface area (Å²) in [7, 11) is 0. The van der Waals surface area contributed by atoms with Crippen LogP contribution >= 0.6 is 0 Å². The van der Waals surface area contributed by atoms with Crippen molar-refractivity contribution in [3.63, 3.8) is 0 Å². The minimum atomic E-state index is -0.686. The van der Waals surface area contributed by atoms with E-state index in [1.807, 2.05) is 6.07 Å². The fraction of sp³-hybridized carbons (Fsp3) is 0.417. The zero-order valence-corrected chi connectivity index (χ0v) is 10.6. The van der Waals surface area contributed by atoms with E-state index in [0.29, 0.717) is 27.3 Å². The number of carboxylic acids is 1. The first-order chi connectivity index (χ1) is 7.18. The Morgan fingerprint density at radius 3 is 2.67 bits per heavy atom. The second kappa shape index (κ2) is 6.65. The molecule has 1 atom stereocenters. The molecule has 1 aromatic carbocycles. The number of benzene rings is 1. The predicted octanol–water partition coefficient (Wildman–Crippen LogP) is 1.94. The Labute approximate surface area is 96.9 Å². The molecule has 0 amide bonds. The van der Waals surface area contributed by atoms with E-state index in [-0.39, 0.29) is 0 Å². The van der Waals surface area contributed by atoms with Gasteiger partial charge in [-0.3, -0.25) is 0 Å². The van der Waals surface area contributed by atoms with E-state index in [2.05, 4.69) is 31.2 Å². The molecule has 0 radical (unpaired) electrons. The van der Waals surface area contributed by atoms with Gasteiger partial charge in [-0.25, -0.2) is 0 Å². The monoisotopic (exact) mass is 272 g/mol. The molecule has 2 nitrogen and oxygen atoms in total. The molecule has 3 heteroatoms. The van der Waals surface area contributed by atoms with Crippen LogP contribution < -0.4 is 4.46 Å². The van der Waals surface area contributed by atoms with E-state index in [0.717, 1.165) is 11.7 Å². The van der Waals surface area contributed by atoms with E-state index in [4.69, 9.17) is 5.11 Å². The molecule has 0 bridgehead atoms. The molecular weight excluding hydrogens is 255 g/mol. The van der Waals surface area contributed by atoms with Gasteiger partial charge in [-0.1, -0.05) is 0 Å². The summed E-state index contributed by atoms with van der Waals surface area (Å²) < 4.78 is 1.40. The minimum absolute atomic E-state index is 0.298. The fourth-order valence-corrected chi connectivity index (χ4v) is 3.29. The van der Waals surface area contributed by atoms with Crippen molar-refractivity contribution >= 4 is 25.4 Å². The number of carbonyl (C=O) groups is 1. The van der Waals surface area contributed by atoms with Crippen LogP contribution in [0.15, 0.2) is 30.3 Å². The van der Waals surface area contributed by atoms with E-state index >= 15 is 0 Å². The molecule has 0 aromatic heterocycles. The summed E-state index contributed by atoms with van der Waals surface area (Å²) in [5.74, 6) is -0.171. The molecule has 1 aromatic rings. The van der Waals surface area contributed by atoms with Crippen LogP contribution in [0.25, 0.3) is 0 Å². The zero-order chi connectivity index (χ0) is 11.1. The molecule has 0 heterocycles. The molecule has 0 aliphatic rings. The molecule has 0 unspecified atom stereocenters. The van der Waals surface area contributed by atoms with Crippen molar-refractivity contribution in [2.75, 3.05) is 0 Å². The van der Waals surface area contributed by atoms with E-state index in [1.165, 1.54) is 4.46 Å². The summed E-state index contributed by atoms with van der Waals surface area (Å²) in [4.78, 5) is 10.4. The van der Waals surface area contributed by atoms with Crippen molar-refractivity contribution in [2.24, 2.45) is 5.92 Å². The summed E-state index contributed by atoms with van der Waals surface area (Å²) in [6.07, 6.45) is 1.09. The average molecular weight is 271 g/mol. The topological polar surface area (TPSA) is 37.3 Å². The van der Waals surface area contributed by atoms with Crippen molar-refractivity contribution in [1.29, 1.82) is 0 Å². The van der Waals surface area contributed by atoms with E-state index in [1.54, 1.807) is 0 Å². The van der Waals surface area contributed by atoms with Crippen LogP contribution in [0.1, 0.15) is 19.8 Å². The SMILES string of the molecule is C[C@@H](CCC(=O)O)C[Se]c1ccccc1. The van der Waals surface area contributed by atoms with Gasteiger partial charge in [0.2, 0.25) is 0 Å². The van der Waals surface area contributed by atoms with Crippen molar-refractivity contribution in [1.82, 2.24) is 0 Å². The van der Waals surface area contributed by atoms with Crippen LogP contribution in [0, 0.1) is 5.92 Å². The Morgan fingerprint density at radius 2 is 2.07 bits per heavy atom. The van der Waals surface area contributed by atoms with E-state index < -0.39 is 5.97 Å². The first kappa shape index (κ1) is 12.3. The molecule has 0 saturated heterocycles. The molecule has 0 aliphatic heterocycles. The summed E-state index contributed by atoms with van der Waals surface area (Å²) in [5.41, 5.74) is 0. The van der Waals surface area contributed by atoms with Crippen LogP contribution in [0.5, 0.6) is 0 Å². The van der Waals surface area contributed by atoms with Crippen molar-refractivity contribution in [3.05, 3.63) is 30.3 Å². The second-order valence-corrected chi connectivity index (χ2v) is 5.96. The van der Waals surface area contributed by atoms with Gasteiger partial charge in [0.05, 0.1) is 0 Å². The Hall–Kier alpha value is -0.791. The van der Waals surface area contributed by atoms with Crippen LogP contribution in [0.4, 0.5) is 0 Å². The third kappa shape index (κ3) is 5.60. The molecule has 15 heavy (non-hydrogen) atoms. The Bertz CT molecular complexity index is 298. The van der Waals surface area contributed by atoms with Gasteiger partial charge in [0.1, 0.15) is 0 Å². The molecule has 0 spiro atoms. The number of hydrogen-bond acceptors (Lipinski definition) is 1. The van der Waals surface area contributed by atoms with Gasteiger partial charge >= 0.3 is 96.6 Å². The van der Waals surface area contributed by atoms with Gasteiger partial charge in [-0.05, 0) is 0 Å². The standard InChI is InChI=1S/C12H16O2Se/c1-10(7-8-12(13)14)9-15-11-5-3-2-4-6-11/h2-6,10H,7-9H2,1H3,(H,13,14)/t10-/m0/s1. The zero-order valence-electron chi connectivity index (χ0n) is 8.85. The first-order valence-corrected chi connectivity index (χ1v) is 7.15. The number of carboxylic acid groups (broad SMARTS) is 1. The van der Waals surface area contributed by atoms with Gasteiger partial charge in [-0.15, -0.1) is 0 Å². The Balaban J connectivity index is 2.22.